The van der Waals surface area contributed by atoms with Crippen LogP contribution in [-0.4, -0.2) is 34.8 Å². The SMILES string of the molecule is COC1(CC(=O)Nc2cccc(C(=O)O)c2O)CCC1. The van der Waals surface area contributed by atoms with E-state index < -0.39 is 17.3 Å². The van der Waals surface area contributed by atoms with Gasteiger partial charge in [0.2, 0.25) is 5.91 Å². The molecule has 108 valence electrons. The number of carboxylic acid groups (broad SMARTS) is 1. The van der Waals surface area contributed by atoms with Crippen molar-refractivity contribution in [2.45, 2.75) is 31.3 Å². The van der Waals surface area contributed by atoms with Crippen LogP contribution < -0.4 is 5.32 Å². The van der Waals surface area contributed by atoms with Crippen LogP contribution in [0.3, 0.4) is 0 Å². The maximum absolute atomic E-state index is 12.0. The third-order valence-corrected chi connectivity index (χ3v) is 3.72. The molecule has 0 radical (unpaired) electrons. The Balaban J connectivity index is 2.08. The van der Waals surface area contributed by atoms with E-state index in [0.717, 1.165) is 19.3 Å². The first-order chi connectivity index (χ1) is 9.47. The van der Waals surface area contributed by atoms with Gasteiger partial charge in [0.15, 0.2) is 5.75 Å². The maximum Gasteiger partial charge on any atom is 0.339 e. The number of carbonyl (C=O) groups excluding carboxylic acids is 1. The van der Waals surface area contributed by atoms with Crippen LogP contribution in [0.15, 0.2) is 18.2 Å². The van der Waals surface area contributed by atoms with Gasteiger partial charge in [-0.05, 0) is 31.4 Å². The van der Waals surface area contributed by atoms with Crippen molar-refractivity contribution >= 4 is 17.6 Å². The summed E-state index contributed by atoms with van der Waals surface area (Å²) >= 11 is 0. The summed E-state index contributed by atoms with van der Waals surface area (Å²) < 4.78 is 5.36. The van der Waals surface area contributed by atoms with E-state index in [-0.39, 0.29) is 23.6 Å². The molecule has 6 nitrogen and oxygen atoms in total. The molecule has 2 rings (SSSR count). The average Bonchev–Trinajstić information content (AvgIpc) is 2.36. The van der Waals surface area contributed by atoms with Gasteiger partial charge in [0.25, 0.3) is 0 Å². The van der Waals surface area contributed by atoms with Crippen molar-refractivity contribution < 1.29 is 24.5 Å². The number of methoxy groups -OCH3 is 1. The molecular weight excluding hydrogens is 262 g/mol. The summed E-state index contributed by atoms with van der Waals surface area (Å²) in [5.41, 5.74) is -0.558. The quantitative estimate of drug-likeness (QED) is 0.716. The molecule has 0 aliphatic heterocycles. The molecule has 1 aliphatic carbocycles. The van der Waals surface area contributed by atoms with Gasteiger partial charge in [0, 0.05) is 7.11 Å². The number of carboxylic acids is 1. The zero-order valence-corrected chi connectivity index (χ0v) is 11.2. The van der Waals surface area contributed by atoms with Gasteiger partial charge in [-0.1, -0.05) is 6.07 Å². The molecule has 1 aliphatic rings. The van der Waals surface area contributed by atoms with Crippen molar-refractivity contribution in [1.29, 1.82) is 0 Å². The van der Waals surface area contributed by atoms with E-state index in [9.17, 15) is 14.7 Å². The molecule has 0 unspecified atom stereocenters. The summed E-state index contributed by atoms with van der Waals surface area (Å²) in [4.78, 5) is 22.9. The van der Waals surface area contributed by atoms with Gasteiger partial charge in [0.1, 0.15) is 5.56 Å². The average molecular weight is 279 g/mol. The Labute approximate surface area is 116 Å². The van der Waals surface area contributed by atoms with Crippen LogP contribution >= 0.6 is 0 Å². The molecule has 3 N–H and O–H groups in total. The summed E-state index contributed by atoms with van der Waals surface area (Å²) in [7, 11) is 1.58. The predicted octanol–water partition coefficient (Wildman–Crippen LogP) is 1.99. The normalized spacial score (nSPS) is 16.2. The van der Waals surface area contributed by atoms with Gasteiger partial charge in [0.05, 0.1) is 17.7 Å². The fourth-order valence-electron chi connectivity index (χ4n) is 2.33. The number of nitrogens with one attached hydrogen (secondary N) is 1. The van der Waals surface area contributed by atoms with E-state index >= 15 is 0 Å². The number of amides is 1. The highest BCUT2D eigenvalue weighted by Gasteiger charge is 2.39. The van der Waals surface area contributed by atoms with E-state index in [1.165, 1.54) is 18.2 Å². The lowest BCUT2D eigenvalue weighted by Gasteiger charge is -2.39. The molecule has 0 aromatic heterocycles. The Hall–Kier alpha value is -2.08. The lowest BCUT2D eigenvalue weighted by Crippen LogP contribution is -2.42. The molecule has 0 bridgehead atoms. The first kappa shape index (κ1) is 14.3. The van der Waals surface area contributed by atoms with Gasteiger partial charge < -0.3 is 20.3 Å². The molecule has 0 spiro atoms. The second-order valence-electron chi connectivity index (χ2n) is 4.97. The van der Waals surface area contributed by atoms with Gasteiger partial charge in [-0.3, -0.25) is 4.79 Å². The Morgan fingerprint density at radius 2 is 2.10 bits per heavy atom. The molecule has 1 fully saturated rings. The minimum absolute atomic E-state index is 0.0977. The van der Waals surface area contributed by atoms with Crippen molar-refractivity contribution in [1.82, 2.24) is 0 Å². The van der Waals surface area contributed by atoms with Crippen LogP contribution in [0.4, 0.5) is 5.69 Å². The second kappa shape index (κ2) is 5.50. The summed E-state index contributed by atoms with van der Waals surface area (Å²) in [5.74, 6) is -1.98. The van der Waals surface area contributed by atoms with E-state index in [1.54, 1.807) is 7.11 Å². The molecule has 20 heavy (non-hydrogen) atoms. The number of phenols is 1. The van der Waals surface area contributed by atoms with Crippen LogP contribution in [0, 0.1) is 0 Å². The van der Waals surface area contributed by atoms with E-state index in [4.69, 9.17) is 9.84 Å². The lowest BCUT2D eigenvalue weighted by atomic mass is 9.77. The molecule has 1 amide bonds. The van der Waals surface area contributed by atoms with Gasteiger partial charge in [-0.15, -0.1) is 0 Å². The topological polar surface area (TPSA) is 95.9 Å². The van der Waals surface area contributed by atoms with Crippen LogP contribution in [-0.2, 0) is 9.53 Å². The summed E-state index contributed by atoms with van der Waals surface area (Å²) in [6.45, 7) is 0. The summed E-state index contributed by atoms with van der Waals surface area (Å²) in [6.07, 6.45) is 2.89. The number of hydrogen-bond acceptors (Lipinski definition) is 4. The van der Waals surface area contributed by atoms with Crippen molar-refractivity contribution in [3.63, 3.8) is 0 Å². The highest BCUT2D eigenvalue weighted by atomic mass is 16.5. The molecule has 1 aromatic carbocycles. The number of anilines is 1. The third-order valence-electron chi connectivity index (χ3n) is 3.72. The number of para-hydroxylation sites is 1. The zero-order chi connectivity index (χ0) is 14.8. The fourth-order valence-corrected chi connectivity index (χ4v) is 2.33. The standard InChI is InChI=1S/C14H17NO5/c1-20-14(6-3-7-14)8-11(16)15-10-5-2-4-9(12(10)17)13(18)19/h2,4-5,17H,3,6-8H2,1H3,(H,15,16)(H,18,19). The van der Waals surface area contributed by atoms with Crippen molar-refractivity contribution in [2.24, 2.45) is 0 Å². The fraction of sp³-hybridized carbons (Fsp3) is 0.429. The van der Waals surface area contributed by atoms with E-state index in [0.29, 0.717) is 0 Å². The zero-order valence-electron chi connectivity index (χ0n) is 11.2. The summed E-state index contributed by atoms with van der Waals surface area (Å²) in [5, 5.41) is 21.2. The minimum Gasteiger partial charge on any atom is -0.505 e. The first-order valence-electron chi connectivity index (χ1n) is 6.38. The van der Waals surface area contributed by atoms with E-state index in [2.05, 4.69) is 5.32 Å². The Morgan fingerprint density at radius 1 is 1.40 bits per heavy atom. The number of hydrogen-bond donors (Lipinski definition) is 3. The Bertz CT molecular complexity index is 531. The van der Waals surface area contributed by atoms with Gasteiger partial charge >= 0.3 is 5.97 Å². The second-order valence-corrected chi connectivity index (χ2v) is 4.97. The molecule has 0 heterocycles. The number of benzene rings is 1. The van der Waals surface area contributed by atoms with Crippen LogP contribution in [0.2, 0.25) is 0 Å². The maximum atomic E-state index is 12.0. The Kier molecular flexibility index (Phi) is 3.94. The van der Waals surface area contributed by atoms with E-state index in [1.807, 2.05) is 0 Å². The monoisotopic (exact) mass is 279 g/mol. The molecule has 6 heteroatoms. The van der Waals surface area contributed by atoms with Crippen molar-refractivity contribution in [3.8, 4) is 5.75 Å². The predicted molar refractivity (Wildman–Crippen MR) is 71.9 cm³/mol. The number of ether oxygens (including phenoxy) is 1. The van der Waals surface area contributed by atoms with Crippen LogP contribution in [0.5, 0.6) is 5.75 Å². The van der Waals surface area contributed by atoms with Crippen LogP contribution in [0.25, 0.3) is 0 Å². The summed E-state index contributed by atoms with van der Waals surface area (Å²) in [6, 6.07) is 4.20. The molecule has 0 atom stereocenters. The highest BCUT2D eigenvalue weighted by molar-refractivity contribution is 5.98. The number of rotatable bonds is 5. The van der Waals surface area contributed by atoms with Crippen molar-refractivity contribution in [2.75, 3.05) is 12.4 Å². The first-order valence-corrected chi connectivity index (χ1v) is 6.38. The smallest absolute Gasteiger partial charge is 0.339 e. The minimum atomic E-state index is -1.24. The van der Waals surface area contributed by atoms with Gasteiger partial charge in [-0.25, -0.2) is 4.79 Å². The molecule has 0 saturated heterocycles. The van der Waals surface area contributed by atoms with Crippen LogP contribution in [0.1, 0.15) is 36.0 Å². The number of aromatic carboxylic acids is 1. The largest absolute Gasteiger partial charge is 0.505 e. The molecule has 1 aromatic rings. The molecular formula is C14H17NO5. The number of aromatic hydroxyl groups is 1. The van der Waals surface area contributed by atoms with Crippen molar-refractivity contribution in [3.05, 3.63) is 23.8 Å². The molecule has 1 saturated carbocycles. The third kappa shape index (κ3) is 2.75. The lowest BCUT2D eigenvalue weighted by molar-refractivity contribution is -0.129. The van der Waals surface area contributed by atoms with Gasteiger partial charge in [-0.2, -0.15) is 0 Å². The Morgan fingerprint density at radius 3 is 2.60 bits per heavy atom. The highest BCUT2D eigenvalue weighted by Crippen LogP contribution is 2.38. The number of carbonyl (C=O) groups is 2.